The summed E-state index contributed by atoms with van der Waals surface area (Å²) in [6, 6.07) is 8.28. The molecule has 0 bridgehead atoms. The van der Waals surface area contributed by atoms with Gasteiger partial charge in [-0.3, -0.25) is 4.99 Å². The maximum Gasteiger partial charge on any atom is 0.194 e. The number of anilines is 1. The molecule has 3 heterocycles. The van der Waals surface area contributed by atoms with E-state index in [4.69, 9.17) is 4.74 Å². The van der Waals surface area contributed by atoms with Gasteiger partial charge in [0.15, 0.2) is 11.8 Å². The Hall–Kier alpha value is -2.77. The second kappa shape index (κ2) is 9.15. The lowest BCUT2D eigenvalue weighted by Gasteiger charge is -2.37. The Bertz CT molecular complexity index is 822. The van der Waals surface area contributed by atoms with Gasteiger partial charge in [0, 0.05) is 51.9 Å². The Kier molecular flexibility index (Phi) is 6.17. The van der Waals surface area contributed by atoms with Gasteiger partial charge in [-0.15, -0.1) is 10.2 Å². The molecule has 0 radical (unpaired) electrons. The lowest BCUT2D eigenvalue weighted by molar-refractivity contribution is 0.371. The quantitative estimate of drug-likeness (QED) is 0.628. The van der Waals surface area contributed by atoms with Crippen molar-refractivity contribution >= 4 is 11.6 Å². The first-order chi connectivity index (χ1) is 14.3. The summed E-state index contributed by atoms with van der Waals surface area (Å²) in [6.45, 7) is 5.49. The fourth-order valence-electron chi connectivity index (χ4n) is 4.14. The van der Waals surface area contributed by atoms with Gasteiger partial charge >= 0.3 is 0 Å². The lowest BCUT2D eigenvalue weighted by Crippen LogP contribution is -2.52. The fraction of sp³-hybridized carbons (Fsp3) is 0.571. The van der Waals surface area contributed by atoms with Gasteiger partial charge in [0.05, 0.1) is 13.7 Å². The van der Waals surface area contributed by atoms with Gasteiger partial charge in [-0.2, -0.15) is 0 Å². The first kappa shape index (κ1) is 19.5. The molecule has 1 saturated heterocycles. The van der Waals surface area contributed by atoms with Crippen molar-refractivity contribution in [2.45, 2.75) is 38.8 Å². The van der Waals surface area contributed by atoms with E-state index < -0.39 is 0 Å². The maximum atomic E-state index is 5.26. The summed E-state index contributed by atoms with van der Waals surface area (Å²) < 4.78 is 7.54. The maximum absolute atomic E-state index is 5.26. The van der Waals surface area contributed by atoms with Gasteiger partial charge < -0.3 is 24.4 Å². The molecule has 2 aromatic rings. The first-order valence-electron chi connectivity index (χ1n) is 10.5. The first-order valence-corrected chi connectivity index (χ1v) is 10.5. The number of aryl methyl sites for hydroxylation is 1. The number of piperazine rings is 1. The Morgan fingerprint density at radius 1 is 1.03 bits per heavy atom. The number of fused-ring (bicyclic) bond motifs is 1. The molecular weight excluding hydrogens is 366 g/mol. The van der Waals surface area contributed by atoms with Gasteiger partial charge in [-0.05, 0) is 37.1 Å². The van der Waals surface area contributed by atoms with Crippen molar-refractivity contribution in [2.24, 2.45) is 4.99 Å². The van der Waals surface area contributed by atoms with Crippen molar-refractivity contribution < 1.29 is 4.74 Å². The number of aromatic nitrogens is 3. The van der Waals surface area contributed by atoms with Crippen molar-refractivity contribution in [2.75, 3.05) is 45.2 Å². The van der Waals surface area contributed by atoms with Crippen LogP contribution in [0.25, 0.3) is 0 Å². The Labute approximate surface area is 172 Å². The van der Waals surface area contributed by atoms with Crippen LogP contribution in [-0.2, 0) is 19.5 Å². The molecule has 0 spiro atoms. The summed E-state index contributed by atoms with van der Waals surface area (Å²) in [5.74, 6) is 3.97. The summed E-state index contributed by atoms with van der Waals surface area (Å²) in [5, 5.41) is 12.3. The van der Waals surface area contributed by atoms with Crippen molar-refractivity contribution in [1.82, 2.24) is 25.0 Å². The molecule has 8 nitrogen and oxygen atoms in total. The zero-order chi connectivity index (χ0) is 20.1. The third-order valence-electron chi connectivity index (χ3n) is 5.82. The highest BCUT2D eigenvalue weighted by Gasteiger charge is 2.21. The minimum atomic E-state index is 0.665. The molecule has 1 fully saturated rings. The van der Waals surface area contributed by atoms with E-state index in [-0.39, 0.29) is 0 Å². The zero-order valence-corrected chi connectivity index (χ0v) is 17.5. The van der Waals surface area contributed by atoms with E-state index in [0.29, 0.717) is 6.54 Å². The highest BCUT2D eigenvalue weighted by Crippen LogP contribution is 2.20. The number of rotatable bonds is 4. The number of nitrogens with zero attached hydrogens (tertiary/aromatic N) is 6. The molecule has 4 rings (SSSR count). The van der Waals surface area contributed by atoms with Gasteiger partial charge in [-0.1, -0.05) is 6.42 Å². The third-order valence-corrected chi connectivity index (χ3v) is 5.82. The monoisotopic (exact) mass is 397 g/mol. The van der Waals surface area contributed by atoms with Crippen LogP contribution in [0.2, 0.25) is 0 Å². The molecule has 29 heavy (non-hydrogen) atoms. The van der Waals surface area contributed by atoms with Crippen LogP contribution in [0.1, 0.15) is 30.9 Å². The van der Waals surface area contributed by atoms with Crippen molar-refractivity contribution in [1.29, 1.82) is 0 Å². The average Bonchev–Trinajstić information content (AvgIpc) is 3.00. The van der Waals surface area contributed by atoms with E-state index in [1.54, 1.807) is 7.11 Å². The number of guanidine groups is 1. The average molecular weight is 398 g/mol. The molecule has 2 aliphatic rings. The fourth-order valence-corrected chi connectivity index (χ4v) is 4.14. The molecule has 0 saturated carbocycles. The topological polar surface area (TPSA) is 70.8 Å². The van der Waals surface area contributed by atoms with E-state index in [0.717, 1.165) is 62.5 Å². The van der Waals surface area contributed by atoms with E-state index in [9.17, 15) is 0 Å². The summed E-state index contributed by atoms with van der Waals surface area (Å²) >= 11 is 0. The summed E-state index contributed by atoms with van der Waals surface area (Å²) in [4.78, 5) is 9.22. The van der Waals surface area contributed by atoms with Crippen LogP contribution in [-0.4, -0.2) is 66.0 Å². The van der Waals surface area contributed by atoms with Crippen LogP contribution >= 0.6 is 0 Å². The van der Waals surface area contributed by atoms with E-state index in [1.165, 1.54) is 24.9 Å². The number of hydrogen-bond donors (Lipinski definition) is 1. The van der Waals surface area contributed by atoms with Crippen molar-refractivity contribution in [3.05, 3.63) is 35.9 Å². The predicted molar refractivity (Wildman–Crippen MR) is 115 cm³/mol. The molecule has 0 aliphatic carbocycles. The molecular formula is C21H31N7O. The molecule has 2 aliphatic heterocycles. The van der Waals surface area contributed by atoms with Crippen LogP contribution in [0, 0.1) is 0 Å². The van der Waals surface area contributed by atoms with Crippen LogP contribution in [0.15, 0.2) is 29.3 Å². The molecule has 0 unspecified atom stereocenters. The molecule has 156 valence electrons. The van der Waals surface area contributed by atoms with Crippen molar-refractivity contribution in [3.63, 3.8) is 0 Å². The summed E-state index contributed by atoms with van der Waals surface area (Å²) in [7, 11) is 3.55. The second-order valence-corrected chi connectivity index (χ2v) is 7.57. The van der Waals surface area contributed by atoms with Crippen molar-refractivity contribution in [3.8, 4) is 5.75 Å². The highest BCUT2D eigenvalue weighted by molar-refractivity contribution is 5.80. The van der Waals surface area contributed by atoms with Crippen LogP contribution in [0.3, 0.4) is 0 Å². The Morgan fingerprint density at radius 2 is 1.83 bits per heavy atom. The van der Waals surface area contributed by atoms with Gasteiger partial charge in [0.1, 0.15) is 11.6 Å². The number of nitrogens with one attached hydrogen (secondary N) is 1. The Morgan fingerprint density at radius 3 is 2.55 bits per heavy atom. The lowest BCUT2D eigenvalue weighted by atomic mass is 10.2. The van der Waals surface area contributed by atoms with Gasteiger partial charge in [0.2, 0.25) is 0 Å². The predicted octanol–water partition coefficient (Wildman–Crippen LogP) is 1.91. The number of ether oxygens (including phenoxy) is 1. The van der Waals surface area contributed by atoms with Crippen LogP contribution in [0.5, 0.6) is 5.75 Å². The number of benzene rings is 1. The number of aliphatic imine (C=N–C) groups is 1. The molecule has 0 atom stereocenters. The minimum absolute atomic E-state index is 0.665. The molecule has 8 heteroatoms. The Balaban J connectivity index is 1.32. The summed E-state index contributed by atoms with van der Waals surface area (Å²) in [5.41, 5.74) is 1.24. The van der Waals surface area contributed by atoms with Crippen LogP contribution < -0.4 is 15.0 Å². The number of hydrogen-bond acceptors (Lipinski definition) is 5. The van der Waals surface area contributed by atoms with E-state index in [2.05, 4.69) is 47.0 Å². The third kappa shape index (κ3) is 4.46. The molecule has 1 aromatic heterocycles. The second-order valence-electron chi connectivity index (χ2n) is 7.57. The van der Waals surface area contributed by atoms with Gasteiger partial charge in [-0.25, -0.2) is 0 Å². The molecule has 1 aromatic carbocycles. The summed E-state index contributed by atoms with van der Waals surface area (Å²) in [6.07, 6.45) is 4.73. The molecule has 0 amide bonds. The molecule has 1 N–H and O–H groups in total. The largest absolute Gasteiger partial charge is 0.497 e. The normalized spacial score (nSPS) is 17.7. The highest BCUT2D eigenvalue weighted by atomic mass is 16.5. The van der Waals surface area contributed by atoms with E-state index in [1.807, 2.05) is 19.2 Å². The van der Waals surface area contributed by atoms with E-state index >= 15 is 0 Å². The van der Waals surface area contributed by atoms with Crippen LogP contribution in [0.4, 0.5) is 5.69 Å². The van der Waals surface area contributed by atoms with Gasteiger partial charge in [0.25, 0.3) is 0 Å². The smallest absolute Gasteiger partial charge is 0.194 e. The number of methoxy groups -OCH3 is 1. The standard InChI is InChI=1S/C21H31N7O/c1-22-21(23-16-20-25-24-19-6-4-3-5-11-28(19)20)27-14-12-26(13-15-27)17-7-9-18(29-2)10-8-17/h7-10H,3-6,11-16H2,1-2H3,(H,22,23). The SMILES string of the molecule is CN=C(NCc1nnc2n1CCCCC2)N1CCN(c2ccc(OC)cc2)CC1. The minimum Gasteiger partial charge on any atom is -0.497 e. The zero-order valence-electron chi connectivity index (χ0n) is 17.5.